The molecule has 0 radical (unpaired) electrons. The van der Waals surface area contributed by atoms with Crippen molar-refractivity contribution in [2.24, 2.45) is 0 Å². The van der Waals surface area contributed by atoms with Crippen LogP contribution in [-0.2, 0) is 6.54 Å². The first-order chi connectivity index (χ1) is 8.70. The van der Waals surface area contributed by atoms with Crippen LogP contribution in [-0.4, -0.2) is 16.7 Å². The summed E-state index contributed by atoms with van der Waals surface area (Å²) in [7, 11) is 0. The van der Waals surface area contributed by atoms with Crippen molar-refractivity contribution >= 4 is 0 Å². The SMILES string of the molecule is C#CCNCc1nc(-c2cc(F)ccc2C)no1. The van der Waals surface area contributed by atoms with Crippen LogP contribution in [0.3, 0.4) is 0 Å². The topological polar surface area (TPSA) is 51.0 Å². The fraction of sp³-hybridized carbons (Fsp3) is 0.231. The average Bonchev–Trinajstić information content (AvgIpc) is 2.81. The molecule has 4 nitrogen and oxygen atoms in total. The molecule has 92 valence electrons. The van der Waals surface area contributed by atoms with E-state index < -0.39 is 0 Å². The zero-order chi connectivity index (χ0) is 13.0. The van der Waals surface area contributed by atoms with Crippen LogP contribution in [0.2, 0.25) is 0 Å². The maximum Gasteiger partial charge on any atom is 0.240 e. The predicted molar refractivity (Wildman–Crippen MR) is 65.0 cm³/mol. The standard InChI is InChI=1S/C13H12FN3O/c1-3-6-15-8-12-16-13(17-18-12)11-7-10(14)5-4-9(11)2/h1,4-5,7,15H,6,8H2,2H3. The van der Waals surface area contributed by atoms with Gasteiger partial charge in [0.15, 0.2) is 0 Å². The minimum Gasteiger partial charge on any atom is -0.338 e. The third-order valence-electron chi connectivity index (χ3n) is 2.41. The Kier molecular flexibility index (Phi) is 3.70. The van der Waals surface area contributed by atoms with E-state index in [1.54, 1.807) is 6.07 Å². The molecule has 0 aliphatic rings. The minimum absolute atomic E-state index is 0.326. The van der Waals surface area contributed by atoms with Crippen LogP contribution < -0.4 is 5.32 Å². The molecule has 0 fully saturated rings. The van der Waals surface area contributed by atoms with E-state index in [1.165, 1.54) is 12.1 Å². The minimum atomic E-state index is -0.326. The van der Waals surface area contributed by atoms with Gasteiger partial charge in [0.25, 0.3) is 0 Å². The Morgan fingerprint density at radius 2 is 2.33 bits per heavy atom. The van der Waals surface area contributed by atoms with E-state index in [2.05, 4.69) is 21.4 Å². The summed E-state index contributed by atoms with van der Waals surface area (Å²) in [6, 6.07) is 4.46. The largest absolute Gasteiger partial charge is 0.338 e. The van der Waals surface area contributed by atoms with E-state index in [9.17, 15) is 4.39 Å². The molecule has 0 saturated carbocycles. The number of terminal acetylenes is 1. The van der Waals surface area contributed by atoms with Crippen molar-refractivity contribution in [2.75, 3.05) is 6.54 Å². The lowest BCUT2D eigenvalue weighted by atomic mass is 10.1. The second-order valence-electron chi connectivity index (χ2n) is 3.78. The molecule has 2 rings (SSSR count). The number of aryl methyl sites for hydroxylation is 1. The second-order valence-corrected chi connectivity index (χ2v) is 3.78. The maximum atomic E-state index is 13.2. The zero-order valence-corrected chi connectivity index (χ0v) is 9.90. The van der Waals surface area contributed by atoms with Crippen LogP contribution >= 0.6 is 0 Å². The van der Waals surface area contributed by atoms with E-state index in [1.807, 2.05) is 6.92 Å². The Morgan fingerprint density at radius 3 is 3.11 bits per heavy atom. The van der Waals surface area contributed by atoms with Gasteiger partial charge in [0.2, 0.25) is 11.7 Å². The Hall–Kier alpha value is -2.19. The van der Waals surface area contributed by atoms with Crippen molar-refractivity contribution in [1.29, 1.82) is 0 Å². The normalized spacial score (nSPS) is 10.3. The van der Waals surface area contributed by atoms with E-state index in [0.717, 1.165) is 5.56 Å². The molecular formula is C13H12FN3O. The molecule has 0 atom stereocenters. The molecule has 0 amide bonds. The summed E-state index contributed by atoms with van der Waals surface area (Å²) in [6.45, 7) is 2.68. The summed E-state index contributed by atoms with van der Waals surface area (Å²) in [5, 5.41) is 6.76. The van der Waals surface area contributed by atoms with Gasteiger partial charge in [-0.1, -0.05) is 17.1 Å². The molecule has 5 heteroatoms. The van der Waals surface area contributed by atoms with Crippen molar-refractivity contribution in [3.8, 4) is 23.7 Å². The molecule has 0 spiro atoms. The molecule has 0 saturated heterocycles. The smallest absolute Gasteiger partial charge is 0.240 e. The first-order valence-corrected chi connectivity index (χ1v) is 5.44. The first kappa shape index (κ1) is 12.3. The molecule has 1 aromatic carbocycles. The molecule has 0 bridgehead atoms. The number of aromatic nitrogens is 2. The molecule has 18 heavy (non-hydrogen) atoms. The fourth-order valence-corrected chi connectivity index (χ4v) is 1.51. The van der Waals surface area contributed by atoms with Gasteiger partial charge >= 0.3 is 0 Å². The third-order valence-corrected chi connectivity index (χ3v) is 2.41. The third kappa shape index (κ3) is 2.73. The fourth-order valence-electron chi connectivity index (χ4n) is 1.51. The lowest BCUT2D eigenvalue weighted by molar-refractivity contribution is 0.370. The first-order valence-electron chi connectivity index (χ1n) is 5.44. The average molecular weight is 245 g/mol. The van der Waals surface area contributed by atoms with Crippen LogP contribution in [0.4, 0.5) is 4.39 Å². The predicted octanol–water partition coefficient (Wildman–Crippen LogP) is 1.91. The van der Waals surface area contributed by atoms with Crippen LogP contribution in [0, 0.1) is 25.1 Å². The number of rotatable bonds is 4. The highest BCUT2D eigenvalue weighted by atomic mass is 19.1. The molecule has 2 aromatic rings. The van der Waals surface area contributed by atoms with Gasteiger partial charge in [0.05, 0.1) is 13.1 Å². The second kappa shape index (κ2) is 5.43. The molecule has 1 heterocycles. The summed E-state index contributed by atoms with van der Waals surface area (Å²) < 4.78 is 18.2. The van der Waals surface area contributed by atoms with Gasteiger partial charge in [-0.2, -0.15) is 4.98 Å². The van der Waals surface area contributed by atoms with Crippen LogP contribution in [0.5, 0.6) is 0 Å². The van der Waals surface area contributed by atoms with Crippen molar-refractivity contribution in [3.63, 3.8) is 0 Å². The highest BCUT2D eigenvalue weighted by Gasteiger charge is 2.11. The Balaban J connectivity index is 2.19. The number of nitrogens with one attached hydrogen (secondary N) is 1. The van der Waals surface area contributed by atoms with Gasteiger partial charge < -0.3 is 4.52 Å². The summed E-state index contributed by atoms with van der Waals surface area (Å²) in [5.41, 5.74) is 1.52. The number of halogens is 1. The van der Waals surface area contributed by atoms with Crippen molar-refractivity contribution < 1.29 is 8.91 Å². The number of hydrogen-bond donors (Lipinski definition) is 1. The maximum absolute atomic E-state index is 13.2. The van der Waals surface area contributed by atoms with Crippen molar-refractivity contribution in [3.05, 3.63) is 35.5 Å². The number of benzene rings is 1. The van der Waals surface area contributed by atoms with Gasteiger partial charge in [-0.25, -0.2) is 4.39 Å². The molecule has 1 aromatic heterocycles. The molecule has 0 aliphatic heterocycles. The van der Waals surface area contributed by atoms with Gasteiger partial charge in [0.1, 0.15) is 5.82 Å². The van der Waals surface area contributed by atoms with Crippen molar-refractivity contribution in [2.45, 2.75) is 13.5 Å². The summed E-state index contributed by atoms with van der Waals surface area (Å²) in [4.78, 5) is 4.18. The van der Waals surface area contributed by atoms with E-state index >= 15 is 0 Å². The van der Waals surface area contributed by atoms with E-state index in [0.29, 0.717) is 30.4 Å². The van der Waals surface area contributed by atoms with Gasteiger partial charge in [-0.15, -0.1) is 6.42 Å². The summed E-state index contributed by atoms with van der Waals surface area (Å²) in [5.74, 6) is 2.92. The van der Waals surface area contributed by atoms with Crippen LogP contribution in [0.15, 0.2) is 22.7 Å². The van der Waals surface area contributed by atoms with E-state index in [-0.39, 0.29) is 5.82 Å². The lowest BCUT2D eigenvalue weighted by Gasteiger charge is -1.99. The van der Waals surface area contributed by atoms with Gasteiger partial charge in [-0.3, -0.25) is 5.32 Å². The monoisotopic (exact) mass is 245 g/mol. The van der Waals surface area contributed by atoms with Crippen molar-refractivity contribution in [1.82, 2.24) is 15.5 Å². The summed E-state index contributed by atoms with van der Waals surface area (Å²) in [6.07, 6.45) is 5.10. The Labute approximate surface area is 104 Å². The lowest BCUT2D eigenvalue weighted by Crippen LogP contribution is -2.13. The van der Waals surface area contributed by atoms with Crippen LogP contribution in [0.1, 0.15) is 11.5 Å². The summed E-state index contributed by atoms with van der Waals surface area (Å²) >= 11 is 0. The number of nitrogens with zero attached hydrogens (tertiary/aromatic N) is 2. The van der Waals surface area contributed by atoms with Crippen LogP contribution in [0.25, 0.3) is 11.4 Å². The van der Waals surface area contributed by atoms with E-state index in [4.69, 9.17) is 10.9 Å². The molecule has 0 unspecified atom stereocenters. The highest BCUT2D eigenvalue weighted by molar-refractivity contribution is 5.59. The van der Waals surface area contributed by atoms with Gasteiger partial charge in [0, 0.05) is 5.56 Å². The quantitative estimate of drug-likeness (QED) is 0.660. The molecule has 0 aliphatic carbocycles. The molecular weight excluding hydrogens is 233 g/mol. The zero-order valence-electron chi connectivity index (χ0n) is 9.90. The highest BCUT2D eigenvalue weighted by Crippen LogP contribution is 2.21. The number of hydrogen-bond acceptors (Lipinski definition) is 4. The Morgan fingerprint density at radius 1 is 1.50 bits per heavy atom. The van der Waals surface area contributed by atoms with Gasteiger partial charge in [-0.05, 0) is 24.6 Å². The molecule has 1 N–H and O–H groups in total. The Bertz CT molecular complexity index is 586.